The monoisotopic (exact) mass is 372 g/mol. The molecule has 0 N–H and O–H groups in total. The molecule has 25 heavy (non-hydrogen) atoms. The Hall–Kier alpha value is -2.23. The number of urea groups is 1. The second kappa shape index (κ2) is 7.77. The number of ether oxygens (including phenoxy) is 2. The van der Waals surface area contributed by atoms with E-state index in [-0.39, 0.29) is 23.0 Å². The molecule has 0 radical (unpaired) electrons. The number of nitrogens with zero attached hydrogens (tertiary/aromatic N) is 3. The van der Waals surface area contributed by atoms with Crippen molar-refractivity contribution >= 4 is 35.1 Å². The predicted octanol–water partition coefficient (Wildman–Crippen LogP) is 2.79. The second-order valence-corrected chi connectivity index (χ2v) is 5.89. The van der Waals surface area contributed by atoms with Crippen LogP contribution in [0.5, 0.6) is 0 Å². The molecule has 0 aromatic heterocycles. The maximum Gasteiger partial charge on any atom is 0.530 e. The molecule has 10 heteroatoms. The number of hydrogen-bond donors (Lipinski definition) is 0. The molecule has 1 aromatic rings. The zero-order chi connectivity index (χ0) is 18.6. The van der Waals surface area contributed by atoms with Crippen LogP contribution in [0.25, 0.3) is 0 Å². The zero-order valence-electron chi connectivity index (χ0n) is 13.9. The van der Waals surface area contributed by atoms with Gasteiger partial charge in [-0.1, -0.05) is 11.6 Å². The number of halogens is 1. The Morgan fingerprint density at radius 2 is 2.04 bits per heavy atom. The Balaban J connectivity index is 2.49. The molecule has 0 aliphatic carbocycles. The maximum atomic E-state index is 13.1. The second-order valence-electron chi connectivity index (χ2n) is 5.48. The van der Waals surface area contributed by atoms with Crippen LogP contribution in [0.2, 0.25) is 5.02 Å². The van der Waals surface area contributed by atoms with Gasteiger partial charge in [0.2, 0.25) is 0 Å². The van der Waals surface area contributed by atoms with Crippen molar-refractivity contribution in [3.8, 4) is 0 Å². The van der Waals surface area contributed by atoms with Crippen molar-refractivity contribution in [1.29, 1.82) is 0 Å². The van der Waals surface area contributed by atoms with Crippen LogP contribution in [0.15, 0.2) is 18.2 Å². The fourth-order valence-corrected chi connectivity index (χ4v) is 2.89. The van der Waals surface area contributed by atoms with Crippen LogP contribution in [0, 0.1) is 10.1 Å². The fraction of sp³-hybridized carbons (Fsp3) is 0.467. The molecule has 1 unspecified atom stereocenters. The van der Waals surface area contributed by atoms with Gasteiger partial charge >= 0.3 is 12.1 Å². The minimum atomic E-state index is -0.870. The number of nitro benzene ring substituents is 1. The first kappa shape index (κ1) is 19.1. The highest BCUT2D eigenvalue weighted by Gasteiger charge is 2.49. The third kappa shape index (κ3) is 3.73. The summed E-state index contributed by atoms with van der Waals surface area (Å²) in [5, 5.41) is 10.8. The van der Waals surface area contributed by atoms with Crippen LogP contribution in [0.1, 0.15) is 6.92 Å². The molecule has 1 fully saturated rings. The lowest BCUT2D eigenvalue weighted by atomic mass is 10.2. The van der Waals surface area contributed by atoms with Crippen molar-refractivity contribution in [2.75, 3.05) is 40.0 Å². The van der Waals surface area contributed by atoms with Crippen LogP contribution in [0.4, 0.5) is 21.0 Å². The molecule has 1 aliphatic rings. The van der Waals surface area contributed by atoms with Gasteiger partial charge < -0.3 is 9.47 Å². The van der Waals surface area contributed by atoms with Crippen molar-refractivity contribution < 1.29 is 24.0 Å². The minimum absolute atomic E-state index is 0.0636. The van der Waals surface area contributed by atoms with Crippen LogP contribution < -0.4 is 4.48 Å². The Labute approximate surface area is 149 Å². The average Bonchev–Trinajstić information content (AvgIpc) is 2.61. The largest absolute Gasteiger partial charge is 0.530 e. The van der Waals surface area contributed by atoms with E-state index in [1.165, 1.54) is 24.1 Å². The topological polar surface area (TPSA) is 99.0 Å². The van der Waals surface area contributed by atoms with Gasteiger partial charge in [0.15, 0.2) is 5.69 Å². The molecule has 0 spiro atoms. The molecule has 0 saturated carbocycles. The third-order valence-corrected chi connectivity index (χ3v) is 4.22. The molecule has 3 amide bonds. The predicted molar refractivity (Wildman–Crippen MR) is 90.6 cm³/mol. The Morgan fingerprint density at radius 1 is 1.40 bits per heavy atom. The molecule has 0 bridgehead atoms. The number of imide groups is 1. The highest BCUT2D eigenvalue weighted by Crippen LogP contribution is 2.35. The first-order valence-electron chi connectivity index (χ1n) is 7.68. The SMILES string of the molecule is CCOC(=O)[N+](C)(C(=O)N1CCOCC1)c1ccc([N+](=O)[O-])cc1Cl. The number of amides is 3. The molecule has 1 atom stereocenters. The van der Waals surface area contributed by atoms with Crippen LogP contribution in [-0.4, -0.2) is 61.9 Å². The van der Waals surface area contributed by atoms with E-state index in [1.54, 1.807) is 6.92 Å². The summed E-state index contributed by atoms with van der Waals surface area (Å²) < 4.78 is 9.42. The Bertz CT molecular complexity index is 692. The normalized spacial score (nSPS) is 16.8. The van der Waals surface area contributed by atoms with Gasteiger partial charge in [-0.05, 0) is 6.92 Å². The number of morpholine rings is 1. The molecular formula is C15H19ClN3O6+. The summed E-state index contributed by atoms with van der Waals surface area (Å²) >= 11 is 6.16. The molecular weight excluding hydrogens is 354 g/mol. The lowest BCUT2D eigenvalue weighted by molar-refractivity contribution is -0.384. The molecule has 1 saturated heterocycles. The molecule has 136 valence electrons. The Morgan fingerprint density at radius 3 is 2.56 bits per heavy atom. The lowest BCUT2D eigenvalue weighted by Crippen LogP contribution is -2.62. The van der Waals surface area contributed by atoms with Crippen molar-refractivity contribution in [2.24, 2.45) is 0 Å². The smallest absolute Gasteiger partial charge is 0.420 e. The fourth-order valence-electron chi connectivity index (χ4n) is 2.54. The van der Waals surface area contributed by atoms with Crippen molar-refractivity contribution in [3.63, 3.8) is 0 Å². The van der Waals surface area contributed by atoms with E-state index in [1.807, 2.05) is 0 Å². The molecule has 1 aromatic carbocycles. The van der Waals surface area contributed by atoms with E-state index < -0.39 is 21.5 Å². The third-order valence-electron chi connectivity index (χ3n) is 3.92. The van der Waals surface area contributed by atoms with E-state index in [2.05, 4.69) is 0 Å². The van der Waals surface area contributed by atoms with Gasteiger partial charge in [0.25, 0.3) is 5.69 Å². The summed E-state index contributed by atoms with van der Waals surface area (Å²) in [4.78, 5) is 37.4. The quantitative estimate of drug-likeness (QED) is 0.459. The number of benzene rings is 1. The van der Waals surface area contributed by atoms with E-state index in [0.29, 0.717) is 26.3 Å². The molecule has 1 aliphatic heterocycles. The van der Waals surface area contributed by atoms with Gasteiger partial charge in [0.1, 0.15) is 5.02 Å². The molecule has 9 nitrogen and oxygen atoms in total. The molecule has 2 rings (SSSR count). The summed E-state index contributed by atoms with van der Waals surface area (Å²) in [6, 6.07) is 3.08. The zero-order valence-corrected chi connectivity index (χ0v) is 14.7. The molecule has 1 heterocycles. The van der Waals surface area contributed by atoms with Crippen molar-refractivity contribution in [2.45, 2.75) is 6.92 Å². The number of nitro groups is 1. The van der Waals surface area contributed by atoms with Crippen LogP contribution in [-0.2, 0) is 9.47 Å². The van der Waals surface area contributed by atoms with Gasteiger partial charge in [-0.15, -0.1) is 4.48 Å². The number of quaternary nitrogens is 1. The highest BCUT2D eigenvalue weighted by molar-refractivity contribution is 6.34. The summed E-state index contributed by atoms with van der Waals surface area (Å²) in [6.07, 6.45) is -0.810. The number of hydrogen-bond acceptors (Lipinski definition) is 6. The summed E-state index contributed by atoms with van der Waals surface area (Å²) in [5.41, 5.74) is -0.120. The standard InChI is InChI=1S/C15H19ClN3O6/c1-3-25-15(21)19(2,14(20)17-6-8-24-9-7-17)13-5-4-11(18(22)23)10-12(13)16/h4-5,10H,3,6-9H2,1-2H3/q+1. The minimum Gasteiger partial charge on any atom is -0.420 e. The number of carbonyl (C=O) groups excluding carboxylic acids is 2. The first-order valence-corrected chi connectivity index (χ1v) is 8.05. The maximum absolute atomic E-state index is 13.1. The van der Waals surface area contributed by atoms with Crippen molar-refractivity contribution in [3.05, 3.63) is 33.3 Å². The Kier molecular flexibility index (Phi) is 5.93. The highest BCUT2D eigenvalue weighted by atomic mass is 35.5. The van der Waals surface area contributed by atoms with Gasteiger partial charge in [-0.3, -0.25) is 15.0 Å². The number of carbonyl (C=O) groups is 2. The first-order chi connectivity index (χ1) is 11.8. The summed E-state index contributed by atoms with van der Waals surface area (Å²) in [5.74, 6) is 0. The van der Waals surface area contributed by atoms with Gasteiger partial charge in [0, 0.05) is 31.3 Å². The van der Waals surface area contributed by atoms with E-state index in [4.69, 9.17) is 21.1 Å². The summed E-state index contributed by atoms with van der Waals surface area (Å²) in [6.45, 7) is 3.09. The van der Waals surface area contributed by atoms with E-state index >= 15 is 0 Å². The van der Waals surface area contributed by atoms with E-state index in [9.17, 15) is 19.7 Å². The number of rotatable bonds is 3. The van der Waals surface area contributed by atoms with Gasteiger partial charge in [0.05, 0.1) is 31.8 Å². The van der Waals surface area contributed by atoms with Gasteiger partial charge in [-0.2, -0.15) is 4.79 Å². The lowest BCUT2D eigenvalue weighted by Gasteiger charge is -2.34. The number of non-ortho nitro benzene ring substituents is 1. The van der Waals surface area contributed by atoms with Crippen LogP contribution in [0.3, 0.4) is 0 Å². The van der Waals surface area contributed by atoms with E-state index in [0.717, 1.165) is 6.07 Å². The average molecular weight is 373 g/mol. The van der Waals surface area contributed by atoms with Gasteiger partial charge in [-0.25, -0.2) is 4.79 Å². The van der Waals surface area contributed by atoms with Crippen LogP contribution >= 0.6 is 11.6 Å². The summed E-state index contributed by atoms with van der Waals surface area (Å²) in [7, 11) is 1.36. The van der Waals surface area contributed by atoms with Crippen molar-refractivity contribution in [1.82, 2.24) is 9.38 Å².